The van der Waals surface area contributed by atoms with Gasteiger partial charge in [-0.25, -0.2) is 0 Å². The number of methoxy groups -OCH3 is 1. The van der Waals surface area contributed by atoms with E-state index in [0.717, 1.165) is 5.56 Å². The Morgan fingerprint density at radius 1 is 1.35 bits per heavy atom. The Hall–Kier alpha value is -1.88. The number of carbonyl (C=O) groups excluding carboxylic acids is 2. The van der Waals surface area contributed by atoms with Crippen molar-refractivity contribution in [1.29, 1.82) is 0 Å². The fourth-order valence-corrected chi connectivity index (χ4v) is 2.39. The molecular weight excluding hydrogens is 256 g/mol. The largest absolute Gasteiger partial charge is 0.468 e. The van der Waals surface area contributed by atoms with Gasteiger partial charge < -0.3 is 15.0 Å². The first-order valence-electron chi connectivity index (χ1n) is 6.76. The number of amides is 1. The molecule has 1 aliphatic heterocycles. The Kier molecular flexibility index (Phi) is 4.74. The van der Waals surface area contributed by atoms with Crippen molar-refractivity contribution in [2.45, 2.75) is 19.5 Å². The van der Waals surface area contributed by atoms with Crippen LogP contribution < -0.4 is 5.32 Å². The van der Waals surface area contributed by atoms with Crippen molar-refractivity contribution >= 4 is 11.9 Å². The fraction of sp³-hybridized carbons (Fsp3) is 0.467. The minimum Gasteiger partial charge on any atom is -0.468 e. The van der Waals surface area contributed by atoms with Gasteiger partial charge in [-0.2, -0.15) is 0 Å². The standard InChI is InChI=1S/C15H20N2O3/c1-11-8-16-9-13(15(19)20-2)14(18)17(11)10-12-6-4-3-5-7-12/h3-7,11,13,16H,8-10H2,1-2H3. The minimum absolute atomic E-state index is 0.0392. The van der Waals surface area contributed by atoms with Crippen LogP contribution in [0.15, 0.2) is 30.3 Å². The van der Waals surface area contributed by atoms with Crippen LogP contribution in [0, 0.1) is 5.92 Å². The molecule has 5 heteroatoms. The second-order valence-electron chi connectivity index (χ2n) is 5.03. The van der Waals surface area contributed by atoms with Gasteiger partial charge >= 0.3 is 5.97 Å². The van der Waals surface area contributed by atoms with E-state index in [2.05, 4.69) is 5.32 Å². The molecule has 0 aliphatic carbocycles. The third kappa shape index (κ3) is 3.17. The van der Waals surface area contributed by atoms with Gasteiger partial charge in [0.05, 0.1) is 7.11 Å². The number of ether oxygens (including phenoxy) is 1. The van der Waals surface area contributed by atoms with Crippen LogP contribution in [0.3, 0.4) is 0 Å². The van der Waals surface area contributed by atoms with E-state index in [-0.39, 0.29) is 11.9 Å². The van der Waals surface area contributed by atoms with Crippen molar-refractivity contribution in [3.05, 3.63) is 35.9 Å². The van der Waals surface area contributed by atoms with E-state index < -0.39 is 11.9 Å². The number of benzene rings is 1. The van der Waals surface area contributed by atoms with E-state index in [1.807, 2.05) is 37.3 Å². The van der Waals surface area contributed by atoms with E-state index in [1.165, 1.54) is 7.11 Å². The lowest BCUT2D eigenvalue weighted by Gasteiger charge is -2.28. The Bertz CT molecular complexity index is 475. The number of hydrogen-bond acceptors (Lipinski definition) is 4. The summed E-state index contributed by atoms with van der Waals surface area (Å²) in [6, 6.07) is 9.82. The SMILES string of the molecule is COC(=O)C1CNCC(C)N(Cc2ccccc2)C1=O. The van der Waals surface area contributed by atoms with Crippen LogP contribution in [0.25, 0.3) is 0 Å². The molecule has 1 aliphatic rings. The van der Waals surface area contributed by atoms with Gasteiger partial charge in [-0.1, -0.05) is 30.3 Å². The molecule has 0 saturated carbocycles. The Labute approximate surface area is 118 Å². The zero-order valence-corrected chi connectivity index (χ0v) is 11.8. The van der Waals surface area contributed by atoms with Gasteiger partial charge in [-0.15, -0.1) is 0 Å². The molecule has 2 unspecified atom stereocenters. The predicted octanol–water partition coefficient (Wildman–Crippen LogP) is 0.796. The van der Waals surface area contributed by atoms with Gasteiger partial charge in [0.15, 0.2) is 0 Å². The number of rotatable bonds is 3. The first-order valence-corrected chi connectivity index (χ1v) is 6.76. The van der Waals surface area contributed by atoms with Crippen molar-refractivity contribution in [2.24, 2.45) is 5.92 Å². The molecule has 1 saturated heterocycles. The molecule has 0 radical (unpaired) electrons. The average Bonchev–Trinajstić information content (AvgIpc) is 2.61. The zero-order valence-electron chi connectivity index (χ0n) is 11.8. The van der Waals surface area contributed by atoms with Crippen LogP contribution in [-0.4, -0.2) is 43.0 Å². The number of nitrogens with zero attached hydrogens (tertiary/aromatic N) is 1. The normalized spacial score (nSPS) is 23.3. The van der Waals surface area contributed by atoms with Gasteiger partial charge in [0, 0.05) is 25.7 Å². The van der Waals surface area contributed by atoms with Crippen LogP contribution in [-0.2, 0) is 20.9 Å². The maximum Gasteiger partial charge on any atom is 0.319 e. The average molecular weight is 276 g/mol. The number of nitrogens with one attached hydrogen (secondary N) is 1. The highest BCUT2D eigenvalue weighted by atomic mass is 16.5. The van der Waals surface area contributed by atoms with Gasteiger partial charge in [0.2, 0.25) is 5.91 Å². The summed E-state index contributed by atoms with van der Waals surface area (Å²) in [6.45, 7) is 3.50. The second-order valence-corrected chi connectivity index (χ2v) is 5.03. The quantitative estimate of drug-likeness (QED) is 0.655. The molecule has 1 N–H and O–H groups in total. The summed E-state index contributed by atoms with van der Waals surface area (Å²) in [7, 11) is 1.31. The zero-order chi connectivity index (χ0) is 14.5. The summed E-state index contributed by atoms with van der Waals surface area (Å²) in [5.74, 6) is -1.40. The van der Waals surface area contributed by atoms with Gasteiger partial charge in [-0.05, 0) is 12.5 Å². The predicted molar refractivity (Wildman–Crippen MR) is 74.8 cm³/mol. The number of carbonyl (C=O) groups is 2. The number of hydrogen-bond donors (Lipinski definition) is 1. The molecule has 0 bridgehead atoms. The highest BCUT2D eigenvalue weighted by Gasteiger charge is 2.35. The number of esters is 1. The van der Waals surface area contributed by atoms with E-state index in [9.17, 15) is 9.59 Å². The molecule has 1 aromatic rings. The lowest BCUT2D eigenvalue weighted by atomic mass is 10.1. The molecule has 108 valence electrons. The summed E-state index contributed by atoms with van der Waals surface area (Å²) in [4.78, 5) is 26.0. The van der Waals surface area contributed by atoms with Crippen molar-refractivity contribution in [3.63, 3.8) is 0 Å². The van der Waals surface area contributed by atoms with Crippen molar-refractivity contribution < 1.29 is 14.3 Å². The van der Waals surface area contributed by atoms with Crippen LogP contribution in [0.5, 0.6) is 0 Å². The smallest absolute Gasteiger partial charge is 0.319 e. The molecule has 5 nitrogen and oxygen atoms in total. The molecule has 1 aromatic carbocycles. The molecule has 1 amide bonds. The highest BCUT2D eigenvalue weighted by molar-refractivity contribution is 5.98. The van der Waals surface area contributed by atoms with E-state index in [1.54, 1.807) is 4.90 Å². The lowest BCUT2D eigenvalue weighted by Crippen LogP contribution is -2.43. The minimum atomic E-state index is -0.756. The Morgan fingerprint density at radius 2 is 2.05 bits per heavy atom. The molecular formula is C15H20N2O3. The van der Waals surface area contributed by atoms with Gasteiger partial charge in [0.1, 0.15) is 5.92 Å². The first-order chi connectivity index (χ1) is 9.63. The van der Waals surface area contributed by atoms with Crippen LogP contribution in [0.4, 0.5) is 0 Å². The molecule has 2 atom stereocenters. The van der Waals surface area contributed by atoms with Gasteiger partial charge in [0.25, 0.3) is 0 Å². The Balaban J connectivity index is 2.19. The monoisotopic (exact) mass is 276 g/mol. The van der Waals surface area contributed by atoms with Crippen LogP contribution in [0.1, 0.15) is 12.5 Å². The Morgan fingerprint density at radius 3 is 2.70 bits per heavy atom. The fourth-order valence-electron chi connectivity index (χ4n) is 2.39. The third-order valence-corrected chi connectivity index (χ3v) is 3.58. The van der Waals surface area contributed by atoms with Gasteiger partial charge in [-0.3, -0.25) is 9.59 Å². The van der Waals surface area contributed by atoms with Crippen molar-refractivity contribution in [2.75, 3.05) is 20.2 Å². The molecule has 0 spiro atoms. The van der Waals surface area contributed by atoms with Crippen LogP contribution in [0.2, 0.25) is 0 Å². The third-order valence-electron chi connectivity index (χ3n) is 3.58. The molecule has 0 aromatic heterocycles. The van der Waals surface area contributed by atoms with Crippen molar-refractivity contribution in [1.82, 2.24) is 10.2 Å². The summed E-state index contributed by atoms with van der Waals surface area (Å²) in [5, 5.41) is 3.15. The second kappa shape index (κ2) is 6.52. The first kappa shape index (κ1) is 14.5. The summed E-state index contributed by atoms with van der Waals surface area (Å²) in [5.41, 5.74) is 1.05. The molecule has 2 rings (SSSR count). The van der Waals surface area contributed by atoms with E-state index >= 15 is 0 Å². The van der Waals surface area contributed by atoms with E-state index in [0.29, 0.717) is 19.6 Å². The highest BCUT2D eigenvalue weighted by Crippen LogP contribution is 2.16. The summed E-state index contributed by atoms with van der Waals surface area (Å²) < 4.78 is 4.72. The molecule has 1 fully saturated rings. The molecule has 1 heterocycles. The van der Waals surface area contributed by atoms with E-state index in [4.69, 9.17) is 4.74 Å². The topological polar surface area (TPSA) is 58.6 Å². The summed E-state index contributed by atoms with van der Waals surface area (Å²) >= 11 is 0. The maximum absolute atomic E-state index is 12.5. The summed E-state index contributed by atoms with van der Waals surface area (Å²) in [6.07, 6.45) is 0. The van der Waals surface area contributed by atoms with Crippen molar-refractivity contribution in [3.8, 4) is 0 Å². The maximum atomic E-state index is 12.5. The molecule has 20 heavy (non-hydrogen) atoms. The lowest BCUT2D eigenvalue weighted by molar-refractivity contribution is -0.153. The van der Waals surface area contributed by atoms with Crippen LogP contribution >= 0.6 is 0 Å².